The fourth-order valence-corrected chi connectivity index (χ4v) is 4.18. The molecule has 23 heavy (non-hydrogen) atoms. The summed E-state index contributed by atoms with van der Waals surface area (Å²) in [6, 6.07) is 11.7. The Hall–Kier alpha value is -2.05. The maximum atomic E-state index is 12.9. The van der Waals surface area contributed by atoms with Crippen molar-refractivity contribution in [3.63, 3.8) is 0 Å². The molecule has 0 atom stereocenters. The number of hydrogen-bond donors (Lipinski definition) is 0. The molecule has 1 amide bonds. The standard InChI is InChI=1S/C16H15ClN2O3S/c1-11-7-8-12-14(9-11)19(16(20)10-17)13-5-3-4-6-15(13)23(21,22)18(12)2/h3-9H,10H2,1-2H3. The molecule has 2 aromatic carbocycles. The normalized spacial score (nSPS) is 15.6. The van der Waals surface area contributed by atoms with Crippen LogP contribution in [-0.2, 0) is 14.8 Å². The van der Waals surface area contributed by atoms with E-state index in [0.717, 1.165) is 5.56 Å². The van der Waals surface area contributed by atoms with Gasteiger partial charge in [0, 0.05) is 7.05 Å². The number of aryl methyl sites for hydroxylation is 1. The number of halogens is 1. The van der Waals surface area contributed by atoms with Crippen LogP contribution < -0.4 is 9.21 Å². The van der Waals surface area contributed by atoms with Gasteiger partial charge in [-0.1, -0.05) is 18.2 Å². The van der Waals surface area contributed by atoms with Gasteiger partial charge in [-0.25, -0.2) is 8.42 Å². The average molecular weight is 351 g/mol. The summed E-state index contributed by atoms with van der Waals surface area (Å²) in [7, 11) is -2.28. The minimum atomic E-state index is -3.76. The van der Waals surface area contributed by atoms with Crippen molar-refractivity contribution in [3.8, 4) is 0 Å². The second-order valence-corrected chi connectivity index (χ2v) is 7.50. The first-order valence-electron chi connectivity index (χ1n) is 6.95. The first kappa shape index (κ1) is 15.8. The molecular formula is C16H15ClN2O3S. The third-order valence-electron chi connectivity index (χ3n) is 3.82. The van der Waals surface area contributed by atoms with Gasteiger partial charge in [0.15, 0.2) is 0 Å². The Morgan fingerprint density at radius 2 is 1.78 bits per heavy atom. The molecule has 0 bridgehead atoms. The highest BCUT2D eigenvalue weighted by Crippen LogP contribution is 2.43. The molecule has 0 saturated carbocycles. The van der Waals surface area contributed by atoms with Crippen LogP contribution >= 0.6 is 11.6 Å². The Labute approximate surface area is 140 Å². The molecular weight excluding hydrogens is 336 g/mol. The van der Waals surface area contributed by atoms with E-state index in [1.54, 1.807) is 30.3 Å². The van der Waals surface area contributed by atoms with Crippen molar-refractivity contribution in [2.45, 2.75) is 11.8 Å². The molecule has 0 aromatic heterocycles. The number of nitrogens with zero attached hydrogens (tertiary/aromatic N) is 2. The van der Waals surface area contributed by atoms with Crippen LogP contribution in [0.25, 0.3) is 0 Å². The molecule has 7 heteroatoms. The van der Waals surface area contributed by atoms with Crippen LogP contribution in [0.15, 0.2) is 47.4 Å². The van der Waals surface area contributed by atoms with E-state index in [2.05, 4.69) is 0 Å². The fraction of sp³-hybridized carbons (Fsp3) is 0.188. The molecule has 0 aliphatic carbocycles. The lowest BCUT2D eigenvalue weighted by molar-refractivity contribution is -0.115. The number of anilines is 3. The minimum absolute atomic E-state index is 0.0785. The summed E-state index contributed by atoms with van der Waals surface area (Å²) in [5.41, 5.74) is 2.17. The number of amides is 1. The van der Waals surface area contributed by atoms with Gasteiger partial charge in [-0.05, 0) is 36.8 Å². The van der Waals surface area contributed by atoms with Gasteiger partial charge < -0.3 is 0 Å². The summed E-state index contributed by atoms with van der Waals surface area (Å²) in [6.07, 6.45) is 0. The summed E-state index contributed by atoms with van der Waals surface area (Å²) in [5.74, 6) is -0.623. The molecule has 1 aliphatic heterocycles. The van der Waals surface area contributed by atoms with Crippen LogP contribution in [0.1, 0.15) is 5.56 Å². The van der Waals surface area contributed by atoms with Crippen molar-refractivity contribution < 1.29 is 13.2 Å². The zero-order valence-electron chi connectivity index (χ0n) is 12.7. The Balaban J connectivity index is 2.44. The number of fused-ring (bicyclic) bond motifs is 2. The van der Waals surface area contributed by atoms with Crippen molar-refractivity contribution >= 4 is 44.6 Å². The average Bonchev–Trinajstić information content (AvgIpc) is 2.60. The van der Waals surface area contributed by atoms with E-state index < -0.39 is 10.0 Å². The number of carbonyl (C=O) groups excluding carboxylic acids is 1. The van der Waals surface area contributed by atoms with Crippen molar-refractivity contribution in [3.05, 3.63) is 48.0 Å². The summed E-state index contributed by atoms with van der Waals surface area (Å²) in [5, 5.41) is 0. The van der Waals surface area contributed by atoms with E-state index in [1.807, 2.05) is 13.0 Å². The van der Waals surface area contributed by atoms with Crippen LogP contribution in [0.3, 0.4) is 0 Å². The molecule has 0 N–H and O–H groups in total. The molecule has 0 saturated heterocycles. The van der Waals surface area contributed by atoms with Gasteiger partial charge in [0.1, 0.15) is 10.8 Å². The summed E-state index contributed by atoms with van der Waals surface area (Å²) in [4.78, 5) is 13.9. The Morgan fingerprint density at radius 3 is 2.48 bits per heavy atom. The summed E-state index contributed by atoms with van der Waals surface area (Å²) < 4.78 is 27.0. The van der Waals surface area contributed by atoms with E-state index in [-0.39, 0.29) is 16.7 Å². The molecule has 5 nitrogen and oxygen atoms in total. The van der Waals surface area contributed by atoms with Crippen LogP contribution in [-0.4, -0.2) is 27.3 Å². The molecule has 0 radical (unpaired) electrons. The minimum Gasteiger partial charge on any atom is -0.276 e. The quantitative estimate of drug-likeness (QED) is 0.743. The first-order valence-corrected chi connectivity index (χ1v) is 8.93. The van der Waals surface area contributed by atoms with Gasteiger partial charge in [0.05, 0.1) is 17.1 Å². The van der Waals surface area contributed by atoms with Crippen molar-refractivity contribution in [1.29, 1.82) is 0 Å². The Kier molecular flexibility index (Phi) is 3.82. The van der Waals surface area contributed by atoms with E-state index in [9.17, 15) is 13.2 Å². The van der Waals surface area contributed by atoms with Crippen LogP contribution in [0.2, 0.25) is 0 Å². The zero-order valence-corrected chi connectivity index (χ0v) is 14.2. The number of alkyl halides is 1. The fourth-order valence-electron chi connectivity index (χ4n) is 2.67. The SMILES string of the molecule is Cc1ccc2c(c1)N(C(=O)CCl)c1ccccc1S(=O)(=O)N2C. The van der Waals surface area contributed by atoms with Crippen LogP contribution in [0.4, 0.5) is 17.1 Å². The van der Waals surface area contributed by atoms with Crippen molar-refractivity contribution in [2.75, 3.05) is 22.1 Å². The second-order valence-electron chi connectivity index (χ2n) is 5.30. The Morgan fingerprint density at radius 1 is 1.09 bits per heavy atom. The lowest BCUT2D eigenvalue weighted by atomic mass is 10.1. The monoisotopic (exact) mass is 350 g/mol. The van der Waals surface area contributed by atoms with Gasteiger partial charge in [-0.2, -0.15) is 0 Å². The Bertz CT molecular complexity index is 896. The second kappa shape index (κ2) is 5.54. The van der Waals surface area contributed by atoms with E-state index >= 15 is 0 Å². The number of rotatable bonds is 1. The lowest BCUT2D eigenvalue weighted by Crippen LogP contribution is -2.27. The van der Waals surface area contributed by atoms with E-state index in [0.29, 0.717) is 17.1 Å². The number of sulfonamides is 1. The lowest BCUT2D eigenvalue weighted by Gasteiger charge is -2.24. The van der Waals surface area contributed by atoms with Gasteiger partial charge >= 0.3 is 0 Å². The maximum absolute atomic E-state index is 12.9. The van der Waals surface area contributed by atoms with E-state index in [4.69, 9.17) is 11.6 Å². The van der Waals surface area contributed by atoms with Gasteiger partial charge in [0.25, 0.3) is 10.0 Å². The number of carbonyl (C=O) groups is 1. The predicted octanol–water partition coefficient (Wildman–Crippen LogP) is 3.04. The molecule has 0 unspecified atom stereocenters. The summed E-state index contributed by atoms with van der Waals surface area (Å²) >= 11 is 5.76. The number of para-hydroxylation sites is 1. The molecule has 1 heterocycles. The van der Waals surface area contributed by atoms with Crippen molar-refractivity contribution in [2.24, 2.45) is 0 Å². The number of benzene rings is 2. The maximum Gasteiger partial charge on any atom is 0.266 e. The highest BCUT2D eigenvalue weighted by molar-refractivity contribution is 7.93. The molecule has 0 spiro atoms. The van der Waals surface area contributed by atoms with Gasteiger partial charge in [-0.15, -0.1) is 11.6 Å². The molecule has 1 aliphatic rings. The smallest absolute Gasteiger partial charge is 0.266 e. The molecule has 3 rings (SSSR count). The largest absolute Gasteiger partial charge is 0.276 e. The third kappa shape index (κ3) is 2.38. The predicted molar refractivity (Wildman–Crippen MR) is 91.1 cm³/mol. The molecule has 2 aromatic rings. The topological polar surface area (TPSA) is 57.7 Å². The van der Waals surface area contributed by atoms with Gasteiger partial charge in [0.2, 0.25) is 5.91 Å². The first-order chi connectivity index (χ1) is 10.9. The van der Waals surface area contributed by atoms with Crippen LogP contribution in [0, 0.1) is 6.92 Å². The molecule has 0 fully saturated rings. The highest BCUT2D eigenvalue weighted by Gasteiger charge is 2.35. The van der Waals surface area contributed by atoms with Crippen molar-refractivity contribution in [1.82, 2.24) is 0 Å². The highest BCUT2D eigenvalue weighted by atomic mass is 35.5. The summed E-state index contributed by atoms with van der Waals surface area (Å²) in [6.45, 7) is 1.88. The zero-order chi connectivity index (χ0) is 16.8. The number of hydrogen-bond acceptors (Lipinski definition) is 3. The third-order valence-corrected chi connectivity index (χ3v) is 5.87. The van der Waals surface area contributed by atoms with E-state index in [1.165, 1.54) is 22.3 Å². The van der Waals surface area contributed by atoms with Gasteiger partial charge in [-0.3, -0.25) is 14.0 Å². The molecule has 120 valence electrons. The van der Waals surface area contributed by atoms with Crippen LogP contribution in [0.5, 0.6) is 0 Å².